The Labute approximate surface area is 128 Å². The number of carbonyl (C=O) groups excluding carboxylic acids is 1. The highest BCUT2D eigenvalue weighted by Gasteiger charge is 2.50. The number of aromatic nitrogens is 2. The Balaban J connectivity index is 1.53. The molecule has 1 amide bonds. The average Bonchev–Trinajstić information content (AvgIpc) is 3.15. The van der Waals surface area contributed by atoms with Crippen LogP contribution < -0.4 is 0 Å². The van der Waals surface area contributed by atoms with Crippen LogP contribution in [0, 0.1) is 11.8 Å². The molecule has 0 bridgehead atoms. The van der Waals surface area contributed by atoms with Gasteiger partial charge in [-0.15, -0.1) is 0 Å². The molecular weight excluding hydrogens is 292 g/mol. The van der Waals surface area contributed by atoms with Crippen LogP contribution in [0.25, 0.3) is 0 Å². The molecule has 1 aromatic heterocycles. The van der Waals surface area contributed by atoms with Gasteiger partial charge in [0, 0.05) is 36.8 Å². The van der Waals surface area contributed by atoms with Crippen LogP contribution in [0.2, 0.25) is 0 Å². The van der Waals surface area contributed by atoms with Gasteiger partial charge < -0.3 is 9.42 Å². The fraction of sp³-hybridized carbons (Fsp3) is 0.800. The molecule has 0 radical (unpaired) electrons. The normalized spacial score (nSPS) is 26.0. The van der Waals surface area contributed by atoms with Crippen LogP contribution in [0.15, 0.2) is 4.52 Å². The Morgan fingerprint density at radius 1 is 1.32 bits per heavy atom. The molecule has 122 valence electrons. The average molecular weight is 313 g/mol. The summed E-state index contributed by atoms with van der Waals surface area (Å²) in [7, 11) is 0. The summed E-state index contributed by atoms with van der Waals surface area (Å²) < 4.78 is 30.3. The van der Waals surface area contributed by atoms with Gasteiger partial charge in [0.25, 0.3) is 0 Å². The molecule has 22 heavy (non-hydrogen) atoms. The Morgan fingerprint density at radius 2 is 2.00 bits per heavy atom. The minimum atomic E-state index is -2.37. The molecule has 1 aromatic rings. The Bertz CT molecular complexity index is 539. The number of alkyl halides is 2. The molecule has 0 N–H and O–H groups in total. The van der Waals surface area contributed by atoms with Crippen LogP contribution in [-0.4, -0.2) is 40.5 Å². The molecule has 2 aliphatic rings. The fourth-order valence-electron chi connectivity index (χ4n) is 3.02. The lowest BCUT2D eigenvalue weighted by Gasteiger charge is -2.30. The third-order valence-electron chi connectivity index (χ3n) is 4.60. The first-order chi connectivity index (χ1) is 10.5. The van der Waals surface area contributed by atoms with Gasteiger partial charge in [0.2, 0.25) is 18.2 Å². The minimum Gasteiger partial charge on any atom is -0.342 e. The summed E-state index contributed by atoms with van der Waals surface area (Å²) in [5.74, 6) is 0.415. The molecule has 1 aliphatic carbocycles. The van der Waals surface area contributed by atoms with Crippen LogP contribution in [0.1, 0.15) is 56.7 Å². The molecule has 1 saturated carbocycles. The monoisotopic (exact) mass is 313 g/mol. The second-order valence-corrected chi connectivity index (χ2v) is 6.59. The van der Waals surface area contributed by atoms with Crippen molar-refractivity contribution in [2.24, 2.45) is 11.8 Å². The van der Waals surface area contributed by atoms with Gasteiger partial charge in [-0.25, -0.2) is 8.78 Å². The van der Waals surface area contributed by atoms with E-state index in [0.29, 0.717) is 31.2 Å². The lowest BCUT2D eigenvalue weighted by Crippen LogP contribution is -2.39. The summed E-state index contributed by atoms with van der Waals surface area (Å²) in [5, 5.41) is 4.02. The van der Waals surface area contributed by atoms with Crippen LogP contribution in [-0.2, 0) is 4.79 Å². The van der Waals surface area contributed by atoms with Crippen LogP contribution in [0.3, 0.4) is 0 Å². The first-order valence-electron chi connectivity index (χ1n) is 7.87. The van der Waals surface area contributed by atoms with Gasteiger partial charge in [-0.1, -0.05) is 19.0 Å². The number of hydrogen-bond acceptors (Lipinski definition) is 4. The van der Waals surface area contributed by atoms with Gasteiger partial charge in [0.1, 0.15) is 0 Å². The zero-order valence-corrected chi connectivity index (χ0v) is 12.8. The van der Waals surface area contributed by atoms with E-state index < -0.39 is 18.3 Å². The Kier molecular flexibility index (Phi) is 4.14. The SMILES string of the molecule is CC(C)c1nc(C2CCN(C(=O)[C@H]3C[C@@H]3C(F)F)CC2)no1. The fourth-order valence-corrected chi connectivity index (χ4v) is 3.02. The number of halogens is 2. The van der Waals surface area contributed by atoms with E-state index in [1.54, 1.807) is 4.90 Å². The van der Waals surface area contributed by atoms with E-state index >= 15 is 0 Å². The molecule has 1 saturated heterocycles. The van der Waals surface area contributed by atoms with Gasteiger partial charge in [-0.3, -0.25) is 4.79 Å². The van der Waals surface area contributed by atoms with E-state index in [1.165, 1.54) is 0 Å². The summed E-state index contributed by atoms with van der Waals surface area (Å²) in [6, 6.07) is 0. The molecule has 1 aliphatic heterocycles. The third kappa shape index (κ3) is 2.98. The smallest absolute Gasteiger partial charge is 0.242 e. The number of hydrogen-bond donors (Lipinski definition) is 0. The van der Waals surface area contributed by atoms with E-state index in [0.717, 1.165) is 12.8 Å². The summed E-state index contributed by atoms with van der Waals surface area (Å²) in [4.78, 5) is 18.3. The highest BCUT2D eigenvalue weighted by molar-refractivity contribution is 5.81. The van der Waals surface area contributed by atoms with Crippen molar-refractivity contribution >= 4 is 5.91 Å². The maximum Gasteiger partial charge on any atom is 0.242 e. The van der Waals surface area contributed by atoms with E-state index in [-0.39, 0.29) is 17.7 Å². The van der Waals surface area contributed by atoms with Crippen molar-refractivity contribution < 1.29 is 18.1 Å². The van der Waals surface area contributed by atoms with Crippen molar-refractivity contribution in [3.8, 4) is 0 Å². The first kappa shape index (κ1) is 15.4. The number of likely N-dealkylation sites (tertiary alicyclic amines) is 1. The molecule has 7 heteroatoms. The maximum absolute atomic E-state index is 12.6. The molecule has 2 heterocycles. The summed E-state index contributed by atoms with van der Waals surface area (Å²) in [6.07, 6.45) is -0.525. The minimum absolute atomic E-state index is 0.111. The number of nitrogens with zero attached hydrogens (tertiary/aromatic N) is 3. The van der Waals surface area contributed by atoms with Gasteiger partial charge >= 0.3 is 0 Å². The lowest BCUT2D eigenvalue weighted by molar-refractivity contribution is -0.134. The van der Waals surface area contributed by atoms with Crippen molar-refractivity contribution in [2.45, 2.75) is 51.4 Å². The highest BCUT2D eigenvalue weighted by atomic mass is 19.3. The van der Waals surface area contributed by atoms with Crippen molar-refractivity contribution in [1.82, 2.24) is 15.0 Å². The van der Waals surface area contributed by atoms with E-state index in [2.05, 4.69) is 10.1 Å². The van der Waals surface area contributed by atoms with Crippen LogP contribution in [0.5, 0.6) is 0 Å². The van der Waals surface area contributed by atoms with E-state index in [9.17, 15) is 13.6 Å². The summed E-state index contributed by atoms with van der Waals surface area (Å²) in [6.45, 7) is 5.16. The summed E-state index contributed by atoms with van der Waals surface area (Å²) >= 11 is 0. The molecule has 3 rings (SSSR count). The number of carbonyl (C=O) groups is 1. The Hall–Kier alpha value is -1.53. The van der Waals surface area contributed by atoms with E-state index in [4.69, 9.17) is 4.52 Å². The lowest BCUT2D eigenvalue weighted by atomic mass is 9.96. The van der Waals surface area contributed by atoms with Crippen LogP contribution in [0.4, 0.5) is 8.78 Å². The predicted octanol–water partition coefficient (Wildman–Crippen LogP) is 2.80. The maximum atomic E-state index is 12.6. The third-order valence-corrected chi connectivity index (χ3v) is 4.60. The topological polar surface area (TPSA) is 59.2 Å². The molecule has 5 nitrogen and oxygen atoms in total. The number of piperidine rings is 1. The van der Waals surface area contributed by atoms with Gasteiger partial charge in [0.15, 0.2) is 5.82 Å². The highest BCUT2D eigenvalue weighted by Crippen LogP contribution is 2.44. The van der Waals surface area contributed by atoms with Crippen molar-refractivity contribution in [3.05, 3.63) is 11.7 Å². The number of rotatable bonds is 4. The van der Waals surface area contributed by atoms with Gasteiger partial charge in [-0.2, -0.15) is 4.98 Å². The molecular formula is C15H21F2N3O2. The second-order valence-electron chi connectivity index (χ2n) is 6.59. The zero-order chi connectivity index (χ0) is 15.9. The molecule has 0 aromatic carbocycles. The molecule has 0 spiro atoms. The van der Waals surface area contributed by atoms with Gasteiger partial charge in [-0.05, 0) is 19.3 Å². The van der Waals surface area contributed by atoms with E-state index in [1.807, 2.05) is 13.8 Å². The molecule has 2 atom stereocenters. The number of amides is 1. The van der Waals surface area contributed by atoms with Crippen molar-refractivity contribution in [2.75, 3.05) is 13.1 Å². The quantitative estimate of drug-likeness (QED) is 0.857. The van der Waals surface area contributed by atoms with Crippen LogP contribution >= 0.6 is 0 Å². The van der Waals surface area contributed by atoms with Crippen molar-refractivity contribution in [1.29, 1.82) is 0 Å². The summed E-state index contributed by atoms with van der Waals surface area (Å²) in [5.41, 5.74) is 0. The van der Waals surface area contributed by atoms with Crippen molar-refractivity contribution in [3.63, 3.8) is 0 Å². The Morgan fingerprint density at radius 3 is 2.50 bits per heavy atom. The predicted molar refractivity (Wildman–Crippen MR) is 74.5 cm³/mol. The largest absolute Gasteiger partial charge is 0.342 e. The zero-order valence-electron chi connectivity index (χ0n) is 12.8. The second kappa shape index (κ2) is 5.93. The first-order valence-corrected chi connectivity index (χ1v) is 7.87. The standard InChI is InChI=1S/C15H21F2N3O2/c1-8(2)14-18-13(19-22-14)9-3-5-20(6-4-9)15(21)11-7-10(11)12(16)17/h8-12H,3-7H2,1-2H3/t10-,11-/m0/s1. The molecule has 2 fully saturated rings. The van der Waals surface area contributed by atoms with Gasteiger partial charge in [0.05, 0.1) is 0 Å². The molecule has 0 unspecified atom stereocenters.